The van der Waals surface area contributed by atoms with Crippen LogP contribution in [0, 0.1) is 0 Å². The quantitative estimate of drug-likeness (QED) is 0.174. The Bertz CT molecular complexity index is 3730. The zero-order valence-corrected chi connectivity index (χ0v) is 34.6. The number of benzene rings is 7. The molecule has 0 radical (unpaired) electrons. The van der Waals surface area contributed by atoms with Crippen LogP contribution in [0.4, 0.5) is 22.7 Å². The fourth-order valence-corrected chi connectivity index (χ4v) is 9.71. The van der Waals surface area contributed by atoms with Gasteiger partial charge in [0.05, 0.1) is 44.6 Å². The molecule has 7 heteroatoms. The largest absolute Gasteiger partial charge is 0.457 e. The van der Waals surface area contributed by atoms with E-state index in [0.29, 0.717) is 45.8 Å². The molecule has 11 aromatic rings. The fraction of sp³-hybridized carbons (Fsp3) is 0.130. The van der Waals surface area contributed by atoms with Gasteiger partial charge < -0.3 is 23.7 Å². The van der Waals surface area contributed by atoms with Crippen molar-refractivity contribution in [2.75, 3.05) is 16.5 Å². The second kappa shape index (κ2) is 13.0. The molecule has 0 amide bonds. The van der Waals surface area contributed by atoms with Crippen LogP contribution in [0.25, 0.3) is 71.2 Å². The van der Waals surface area contributed by atoms with Crippen molar-refractivity contribution in [3.05, 3.63) is 169 Å². The van der Waals surface area contributed by atoms with Gasteiger partial charge in [0.2, 0.25) is 0 Å². The van der Waals surface area contributed by atoms with Crippen molar-refractivity contribution in [3.8, 4) is 17.3 Å². The van der Waals surface area contributed by atoms with Gasteiger partial charge in [-0.05, 0) is 83.8 Å². The molecule has 0 unspecified atom stereocenters. The van der Waals surface area contributed by atoms with E-state index < -0.39 is 0 Å². The molecule has 0 fully saturated rings. The SMILES string of the molecule is [2H]c1c([2H])c([2H])c2c(c1[2H])c1ccc(Oc3cccc(N4CN(c5c6c(cc7c8ccccc8n(C)c57)c5ccccc5n6C)c5ccccc54)c3)cc1n2-c1cc(C(C)(C)C)ccn1. The fourth-order valence-electron chi connectivity index (χ4n) is 9.71. The van der Waals surface area contributed by atoms with E-state index >= 15 is 0 Å². The lowest BCUT2D eigenvalue weighted by Gasteiger charge is -2.25. The number of nitrogens with zero attached hydrogens (tertiary/aromatic N) is 6. The van der Waals surface area contributed by atoms with Crippen molar-refractivity contribution < 1.29 is 10.2 Å². The van der Waals surface area contributed by atoms with Crippen LogP contribution in [0.5, 0.6) is 11.5 Å². The van der Waals surface area contributed by atoms with Crippen molar-refractivity contribution in [1.82, 2.24) is 18.7 Å². The van der Waals surface area contributed by atoms with Gasteiger partial charge in [-0.15, -0.1) is 0 Å². The summed E-state index contributed by atoms with van der Waals surface area (Å²) in [6.45, 7) is 6.97. The number of fused-ring (bicyclic) bond motifs is 10. The molecule has 5 heterocycles. The van der Waals surface area contributed by atoms with Crippen LogP contribution in [0.3, 0.4) is 0 Å². The van der Waals surface area contributed by atoms with Gasteiger partial charge in [-0.25, -0.2) is 4.98 Å². The summed E-state index contributed by atoms with van der Waals surface area (Å²) in [5.41, 5.74) is 11.0. The van der Waals surface area contributed by atoms with Crippen LogP contribution in [0.15, 0.2) is 164 Å². The molecule has 0 N–H and O–H groups in total. The van der Waals surface area contributed by atoms with Gasteiger partial charge in [0.25, 0.3) is 0 Å². The Morgan fingerprint density at radius 1 is 0.557 bits per heavy atom. The van der Waals surface area contributed by atoms with Crippen molar-refractivity contribution in [3.63, 3.8) is 0 Å². The molecule has 7 nitrogen and oxygen atoms in total. The average Bonchev–Trinajstić information content (AvgIpc) is 4.04. The van der Waals surface area contributed by atoms with E-state index in [1.807, 2.05) is 47.0 Å². The summed E-state index contributed by atoms with van der Waals surface area (Å²) in [6.07, 6.45) is 1.76. The van der Waals surface area contributed by atoms with Gasteiger partial charge >= 0.3 is 0 Å². The molecule has 1 aliphatic rings. The molecule has 1 aliphatic heterocycles. The molecule has 0 saturated carbocycles. The zero-order valence-electron chi connectivity index (χ0n) is 38.6. The number of hydrogen-bond donors (Lipinski definition) is 0. The number of rotatable bonds is 5. The Morgan fingerprint density at radius 2 is 1.20 bits per heavy atom. The molecule has 0 aliphatic carbocycles. The maximum absolute atomic E-state index is 9.05. The average molecular weight is 797 g/mol. The Kier molecular flexibility index (Phi) is 6.69. The summed E-state index contributed by atoms with van der Waals surface area (Å²) in [5.74, 6) is 1.77. The van der Waals surface area contributed by atoms with Gasteiger partial charge in [-0.1, -0.05) is 93.5 Å². The van der Waals surface area contributed by atoms with Crippen LogP contribution >= 0.6 is 0 Å². The monoisotopic (exact) mass is 796 g/mol. The molecule has 0 atom stereocenters. The molecular weight excluding hydrogens is 749 g/mol. The van der Waals surface area contributed by atoms with Gasteiger partial charge in [0.15, 0.2) is 0 Å². The number of anilines is 4. The standard InChI is InChI=1S/C54H44N6O/c1-54(2,3)34-27-28-55-50(29-34)60-46-22-11-8-17-38(46)41-26-25-37(31-49(41)60)61-36-16-14-15-35(30-36)58-33-59(48-24-13-12-23-47(48)58)53-51-42(39-18-6-9-20-44(39)56(51)4)32-43-40-19-7-10-21-45(40)57(5)52(43)53/h6-32H,33H2,1-5H3/i8D,11D,17D,22D. The first-order valence-electron chi connectivity index (χ1n) is 22.7. The summed E-state index contributed by atoms with van der Waals surface area (Å²) in [5, 5.41) is 6.03. The second-order valence-corrected chi connectivity index (χ2v) is 17.1. The van der Waals surface area contributed by atoms with E-state index in [1.165, 1.54) is 43.6 Å². The first kappa shape index (κ1) is 31.4. The summed E-state index contributed by atoms with van der Waals surface area (Å²) in [7, 11) is 4.35. The van der Waals surface area contributed by atoms with E-state index in [1.54, 1.807) is 6.20 Å². The molecule has 0 saturated heterocycles. The first-order chi connectivity index (χ1) is 31.4. The van der Waals surface area contributed by atoms with E-state index in [2.05, 4.69) is 145 Å². The molecule has 4 aromatic heterocycles. The predicted octanol–water partition coefficient (Wildman–Crippen LogP) is 13.8. The maximum atomic E-state index is 9.05. The molecule has 12 rings (SSSR count). The predicted molar refractivity (Wildman–Crippen MR) is 254 cm³/mol. The molecule has 0 bridgehead atoms. The third-order valence-electron chi connectivity index (χ3n) is 12.6. The van der Waals surface area contributed by atoms with Crippen molar-refractivity contribution >= 4 is 88.2 Å². The Labute approximate surface area is 359 Å². The topological polar surface area (TPSA) is 43.4 Å². The second-order valence-electron chi connectivity index (χ2n) is 17.1. The van der Waals surface area contributed by atoms with Crippen LogP contribution in [-0.4, -0.2) is 25.4 Å². The van der Waals surface area contributed by atoms with Gasteiger partial charge in [-0.2, -0.15) is 0 Å². The van der Waals surface area contributed by atoms with E-state index in [4.69, 9.17) is 15.2 Å². The number of aromatic nitrogens is 4. The molecule has 7 aromatic carbocycles. The van der Waals surface area contributed by atoms with Crippen LogP contribution in [0.1, 0.15) is 31.8 Å². The lowest BCUT2D eigenvalue weighted by Crippen LogP contribution is -2.25. The minimum absolute atomic E-state index is 0.0872. The Hall–Kier alpha value is -7.51. The minimum Gasteiger partial charge on any atom is -0.457 e. The smallest absolute Gasteiger partial charge is 0.137 e. The van der Waals surface area contributed by atoms with Crippen LogP contribution in [0.2, 0.25) is 0 Å². The highest BCUT2D eigenvalue weighted by atomic mass is 16.5. The van der Waals surface area contributed by atoms with Crippen molar-refractivity contribution in [1.29, 1.82) is 0 Å². The summed E-state index contributed by atoms with van der Waals surface area (Å²) >= 11 is 0. The third kappa shape index (κ3) is 5.26. The summed E-state index contributed by atoms with van der Waals surface area (Å²) < 4.78 is 48.4. The number of para-hydroxylation sites is 5. The highest BCUT2D eigenvalue weighted by Gasteiger charge is 2.33. The van der Waals surface area contributed by atoms with Gasteiger partial charge in [0.1, 0.15) is 24.0 Å². The maximum Gasteiger partial charge on any atom is 0.137 e. The number of aryl methyl sites for hydroxylation is 2. The normalized spacial score (nSPS) is 14.1. The number of ether oxygens (including phenoxy) is 1. The lowest BCUT2D eigenvalue weighted by atomic mass is 9.88. The van der Waals surface area contributed by atoms with E-state index in [9.17, 15) is 0 Å². The van der Waals surface area contributed by atoms with E-state index in [-0.39, 0.29) is 29.6 Å². The van der Waals surface area contributed by atoms with Gasteiger partial charge in [-0.3, -0.25) is 4.57 Å². The lowest BCUT2D eigenvalue weighted by molar-refractivity contribution is 0.483. The molecule has 61 heavy (non-hydrogen) atoms. The zero-order chi connectivity index (χ0) is 44.6. The Morgan fingerprint density at radius 3 is 1.92 bits per heavy atom. The number of hydrogen-bond acceptors (Lipinski definition) is 4. The minimum atomic E-state index is -0.288. The van der Waals surface area contributed by atoms with Crippen LogP contribution < -0.4 is 14.5 Å². The van der Waals surface area contributed by atoms with Crippen LogP contribution in [-0.2, 0) is 19.5 Å². The Balaban J connectivity index is 0.984. The first-order valence-corrected chi connectivity index (χ1v) is 20.7. The van der Waals surface area contributed by atoms with E-state index in [0.717, 1.165) is 28.3 Å². The molecule has 296 valence electrons. The highest BCUT2D eigenvalue weighted by Crippen LogP contribution is 2.51. The van der Waals surface area contributed by atoms with Crippen molar-refractivity contribution in [2.24, 2.45) is 14.1 Å². The number of pyridine rings is 1. The van der Waals surface area contributed by atoms with Gasteiger partial charge in [0, 0.05) is 81.5 Å². The van der Waals surface area contributed by atoms with Crippen molar-refractivity contribution in [2.45, 2.75) is 26.2 Å². The molecule has 0 spiro atoms. The highest BCUT2D eigenvalue weighted by molar-refractivity contribution is 6.25. The third-order valence-corrected chi connectivity index (χ3v) is 12.6. The summed E-state index contributed by atoms with van der Waals surface area (Å²) in [6, 6.07) is 45.4. The molecular formula is C54H44N6O. The summed E-state index contributed by atoms with van der Waals surface area (Å²) in [4.78, 5) is 9.56.